The van der Waals surface area contributed by atoms with Gasteiger partial charge in [0.2, 0.25) is 5.91 Å². The van der Waals surface area contributed by atoms with Gasteiger partial charge >= 0.3 is 5.97 Å². The highest BCUT2D eigenvalue weighted by Gasteiger charge is 2.42. The number of likely N-dealkylation sites (tertiary alicyclic amines) is 1. The van der Waals surface area contributed by atoms with Gasteiger partial charge in [-0.3, -0.25) is 9.59 Å². The van der Waals surface area contributed by atoms with Gasteiger partial charge in [-0.25, -0.2) is 4.98 Å². The van der Waals surface area contributed by atoms with E-state index in [0.29, 0.717) is 13.0 Å². The van der Waals surface area contributed by atoms with Crippen molar-refractivity contribution in [3.8, 4) is 0 Å². The van der Waals surface area contributed by atoms with Crippen molar-refractivity contribution in [1.29, 1.82) is 0 Å². The van der Waals surface area contributed by atoms with Crippen molar-refractivity contribution in [3.63, 3.8) is 0 Å². The summed E-state index contributed by atoms with van der Waals surface area (Å²) in [4.78, 5) is 29.7. The van der Waals surface area contributed by atoms with Crippen LogP contribution >= 0.6 is 11.3 Å². The molecule has 0 aliphatic carbocycles. The molecule has 1 unspecified atom stereocenters. The zero-order valence-corrected chi connectivity index (χ0v) is 13.8. The summed E-state index contributed by atoms with van der Waals surface area (Å²) in [5.41, 5.74) is -0.0469. The molecule has 1 fully saturated rings. The Kier molecular flexibility index (Phi) is 4.10. The van der Waals surface area contributed by atoms with E-state index in [1.807, 2.05) is 5.38 Å². The first-order valence-corrected chi connectivity index (χ1v) is 7.96. The van der Waals surface area contributed by atoms with Crippen LogP contribution < -0.4 is 0 Å². The van der Waals surface area contributed by atoms with E-state index in [1.54, 1.807) is 23.2 Å². The summed E-state index contributed by atoms with van der Waals surface area (Å²) < 4.78 is 0. The SMILES string of the molecule is CC1(C(=O)O)CCN(C(=O)Cc2csc(C(C)(C)C)n2)C1. The summed E-state index contributed by atoms with van der Waals surface area (Å²) in [7, 11) is 0. The fraction of sp³-hybridized carbons (Fsp3) is 0.667. The van der Waals surface area contributed by atoms with Gasteiger partial charge in [0.1, 0.15) is 0 Å². The Morgan fingerprint density at radius 2 is 2.14 bits per heavy atom. The summed E-state index contributed by atoms with van der Waals surface area (Å²) in [5.74, 6) is -0.868. The molecule has 1 aromatic rings. The average molecular weight is 310 g/mol. The molecule has 0 radical (unpaired) electrons. The molecule has 1 aliphatic heterocycles. The number of amides is 1. The Morgan fingerprint density at radius 3 is 2.62 bits per heavy atom. The molecule has 1 saturated heterocycles. The molecular formula is C15H22N2O3S. The van der Waals surface area contributed by atoms with Crippen molar-refractivity contribution >= 4 is 23.2 Å². The van der Waals surface area contributed by atoms with E-state index in [9.17, 15) is 14.7 Å². The predicted octanol–water partition coefficient (Wildman–Crippen LogP) is 2.31. The molecule has 1 aromatic heterocycles. The van der Waals surface area contributed by atoms with E-state index in [-0.39, 0.29) is 24.3 Å². The predicted molar refractivity (Wildman–Crippen MR) is 81.5 cm³/mol. The summed E-state index contributed by atoms with van der Waals surface area (Å²) in [6.07, 6.45) is 0.765. The molecule has 2 rings (SSSR count). The number of nitrogens with zero attached hydrogens (tertiary/aromatic N) is 2. The van der Waals surface area contributed by atoms with Gasteiger partial charge in [-0.2, -0.15) is 0 Å². The number of carbonyl (C=O) groups excluding carboxylic acids is 1. The molecule has 1 aliphatic rings. The van der Waals surface area contributed by atoms with Gasteiger partial charge in [0.25, 0.3) is 0 Å². The number of carboxylic acids is 1. The van der Waals surface area contributed by atoms with E-state index in [1.165, 1.54) is 0 Å². The number of aliphatic carboxylic acids is 1. The number of thiazole rings is 1. The number of carboxylic acid groups (broad SMARTS) is 1. The minimum atomic E-state index is -0.832. The zero-order valence-electron chi connectivity index (χ0n) is 13.0. The van der Waals surface area contributed by atoms with E-state index < -0.39 is 11.4 Å². The van der Waals surface area contributed by atoms with Crippen LogP contribution in [0.1, 0.15) is 44.8 Å². The van der Waals surface area contributed by atoms with E-state index in [4.69, 9.17) is 0 Å². The zero-order chi connectivity index (χ0) is 15.8. The summed E-state index contributed by atoms with van der Waals surface area (Å²) >= 11 is 1.57. The lowest BCUT2D eigenvalue weighted by molar-refractivity contribution is -0.147. The quantitative estimate of drug-likeness (QED) is 0.930. The van der Waals surface area contributed by atoms with E-state index in [2.05, 4.69) is 25.8 Å². The highest BCUT2D eigenvalue weighted by Crippen LogP contribution is 2.31. The Labute approximate surface area is 129 Å². The van der Waals surface area contributed by atoms with Crippen LogP contribution in [0.3, 0.4) is 0 Å². The summed E-state index contributed by atoms with van der Waals surface area (Å²) in [6, 6.07) is 0. The normalized spacial score (nSPS) is 22.6. The second kappa shape index (κ2) is 5.40. The van der Waals surface area contributed by atoms with Gasteiger partial charge in [-0.05, 0) is 13.3 Å². The lowest BCUT2D eigenvalue weighted by Crippen LogP contribution is -2.35. The van der Waals surface area contributed by atoms with Crippen molar-refractivity contribution in [1.82, 2.24) is 9.88 Å². The van der Waals surface area contributed by atoms with Crippen LogP contribution in [-0.2, 0) is 21.4 Å². The molecule has 0 aromatic carbocycles. The molecule has 0 saturated carbocycles. The molecular weight excluding hydrogens is 288 g/mol. The second-order valence-electron chi connectivity index (χ2n) is 7.00. The fourth-order valence-corrected chi connectivity index (χ4v) is 3.26. The molecule has 1 amide bonds. The molecule has 0 bridgehead atoms. The van der Waals surface area contributed by atoms with Crippen molar-refractivity contribution < 1.29 is 14.7 Å². The van der Waals surface area contributed by atoms with Gasteiger partial charge in [-0.15, -0.1) is 11.3 Å². The lowest BCUT2D eigenvalue weighted by atomic mass is 9.90. The maximum absolute atomic E-state index is 12.3. The van der Waals surface area contributed by atoms with Gasteiger partial charge in [0.05, 0.1) is 22.5 Å². The number of aromatic nitrogens is 1. The average Bonchev–Trinajstić information content (AvgIpc) is 2.96. The molecule has 2 heterocycles. The first-order chi connectivity index (χ1) is 9.62. The number of hydrogen-bond acceptors (Lipinski definition) is 4. The van der Waals surface area contributed by atoms with Crippen LogP contribution in [0.5, 0.6) is 0 Å². The van der Waals surface area contributed by atoms with Crippen LogP contribution in [0.4, 0.5) is 0 Å². The van der Waals surface area contributed by atoms with E-state index in [0.717, 1.165) is 10.7 Å². The highest BCUT2D eigenvalue weighted by molar-refractivity contribution is 7.09. The van der Waals surface area contributed by atoms with Crippen molar-refractivity contribution in [2.75, 3.05) is 13.1 Å². The molecule has 116 valence electrons. The Bertz CT molecular complexity index is 562. The smallest absolute Gasteiger partial charge is 0.311 e. The molecule has 6 heteroatoms. The van der Waals surface area contributed by atoms with Crippen LogP contribution in [0.15, 0.2) is 5.38 Å². The van der Waals surface area contributed by atoms with Gasteiger partial charge in [0.15, 0.2) is 0 Å². The van der Waals surface area contributed by atoms with Crippen molar-refractivity contribution in [2.45, 2.75) is 46.0 Å². The van der Waals surface area contributed by atoms with E-state index >= 15 is 0 Å². The van der Waals surface area contributed by atoms with Gasteiger partial charge in [0, 0.05) is 23.9 Å². The van der Waals surface area contributed by atoms with Crippen molar-refractivity contribution in [2.24, 2.45) is 5.41 Å². The Balaban J connectivity index is 2.00. The number of hydrogen-bond donors (Lipinski definition) is 1. The fourth-order valence-electron chi connectivity index (χ4n) is 2.35. The van der Waals surface area contributed by atoms with Crippen LogP contribution in [-0.4, -0.2) is 40.0 Å². The molecule has 21 heavy (non-hydrogen) atoms. The molecule has 1 atom stereocenters. The molecule has 1 N–H and O–H groups in total. The van der Waals surface area contributed by atoms with Crippen LogP contribution in [0.25, 0.3) is 0 Å². The maximum Gasteiger partial charge on any atom is 0.311 e. The minimum absolute atomic E-state index is 0.0124. The third-order valence-corrected chi connectivity index (χ3v) is 5.18. The Hall–Kier alpha value is -1.43. The lowest BCUT2D eigenvalue weighted by Gasteiger charge is -2.20. The standard InChI is InChI=1S/C15H22N2O3S/c1-14(2,3)12-16-10(8-21-12)7-11(18)17-6-5-15(4,9-17)13(19)20/h8H,5-7,9H2,1-4H3,(H,19,20). The second-order valence-corrected chi connectivity index (χ2v) is 7.86. The van der Waals surface area contributed by atoms with Crippen LogP contribution in [0, 0.1) is 5.41 Å². The Morgan fingerprint density at radius 1 is 1.48 bits per heavy atom. The van der Waals surface area contributed by atoms with Gasteiger partial charge in [-0.1, -0.05) is 20.8 Å². The summed E-state index contributed by atoms with van der Waals surface area (Å²) in [6.45, 7) is 8.78. The first-order valence-electron chi connectivity index (χ1n) is 7.08. The third kappa shape index (κ3) is 3.43. The molecule has 5 nitrogen and oxygen atoms in total. The molecule has 0 spiro atoms. The summed E-state index contributed by atoms with van der Waals surface area (Å²) in [5, 5.41) is 12.1. The topological polar surface area (TPSA) is 70.5 Å². The van der Waals surface area contributed by atoms with Gasteiger partial charge < -0.3 is 10.0 Å². The minimum Gasteiger partial charge on any atom is -0.481 e. The maximum atomic E-state index is 12.3. The number of rotatable bonds is 3. The van der Waals surface area contributed by atoms with Crippen molar-refractivity contribution in [3.05, 3.63) is 16.1 Å². The first kappa shape index (κ1) is 15.9. The number of carbonyl (C=O) groups is 2. The monoisotopic (exact) mass is 310 g/mol. The largest absolute Gasteiger partial charge is 0.481 e. The van der Waals surface area contributed by atoms with Crippen LogP contribution in [0.2, 0.25) is 0 Å². The highest BCUT2D eigenvalue weighted by atomic mass is 32.1. The third-order valence-electron chi connectivity index (χ3n) is 3.87.